The third-order valence-corrected chi connectivity index (χ3v) is 1.63. The van der Waals surface area contributed by atoms with Crippen LogP contribution in [0.3, 0.4) is 0 Å². The van der Waals surface area contributed by atoms with Gasteiger partial charge >= 0.3 is 51.4 Å². The molecule has 0 aromatic rings. The van der Waals surface area contributed by atoms with Crippen LogP contribution in [0.5, 0.6) is 0 Å². The zero-order chi connectivity index (χ0) is 9.07. The summed E-state index contributed by atoms with van der Waals surface area (Å²) in [6.45, 7) is -1.63. The van der Waals surface area contributed by atoms with E-state index in [-0.39, 0.29) is 51.4 Å². The van der Waals surface area contributed by atoms with E-state index < -0.39 is 34.9 Å². The third-order valence-electron chi connectivity index (χ3n) is 0.903. The topological polar surface area (TPSA) is 57.2 Å². The number of rotatable bonds is 4. The number of halogens is 3. The fourth-order valence-corrected chi connectivity index (χ4v) is 0.995. The summed E-state index contributed by atoms with van der Waals surface area (Å²) in [5.74, 6) is -1.52. The standard InChI is InChI=1S/C4H7F3O3S.K/c5-1-3(6)4(7)2-11(8,9)10;/h3-4H,1-2H2,(H,8,9,10);/q;+1/p-1. The molecule has 68 valence electrons. The average molecular weight is 230 g/mol. The summed E-state index contributed by atoms with van der Waals surface area (Å²) in [7, 11) is -4.81. The molecule has 2 atom stereocenters. The summed E-state index contributed by atoms with van der Waals surface area (Å²) in [6.07, 6.45) is -5.10. The molecule has 0 fully saturated rings. The van der Waals surface area contributed by atoms with Crippen molar-refractivity contribution in [3.63, 3.8) is 0 Å². The van der Waals surface area contributed by atoms with E-state index in [1.807, 2.05) is 0 Å². The summed E-state index contributed by atoms with van der Waals surface area (Å²) in [6, 6.07) is 0. The predicted octanol–water partition coefficient (Wildman–Crippen LogP) is -2.82. The SMILES string of the molecule is O=S(=O)([O-])CC(F)C(F)CF.[K+]. The van der Waals surface area contributed by atoms with Crippen LogP contribution in [-0.4, -0.2) is 37.7 Å². The fraction of sp³-hybridized carbons (Fsp3) is 1.00. The Morgan fingerprint density at radius 2 is 1.67 bits per heavy atom. The molecule has 2 unspecified atom stereocenters. The van der Waals surface area contributed by atoms with Crippen molar-refractivity contribution >= 4 is 10.1 Å². The molecule has 0 saturated heterocycles. The van der Waals surface area contributed by atoms with E-state index in [0.29, 0.717) is 0 Å². The van der Waals surface area contributed by atoms with Crippen molar-refractivity contribution in [3.05, 3.63) is 0 Å². The van der Waals surface area contributed by atoms with Crippen LogP contribution < -0.4 is 51.4 Å². The molecule has 8 heteroatoms. The van der Waals surface area contributed by atoms with Crippen LogP contribution >= 0.6 is 0 Å². The minimum Gasteiger partial charge on any atom is -0.748 e. The van der Waals surface area contributed by atoms with Crippen LogP contribution in [0.4, 0.5) is 13.2 Å². The Balaban J connectivity index is 0. The third kappa shape index (κ3) is 7.96. The molecular weight excluding hydrogens is 224 g/mol. The van der Waals surface area contributed by atoms with Gasteiger partial charge in [-0.3, -0.25) is 0 Å². The summed E-state index contributed by atoms with van der Waals surface area (Å²) in [4.78, 5) is 0. The second kappa shape index (κ2) is 6.74. The first-order valence-electron chi connectivity index (χ1n) is 2.64. The van der Waals surface area contributed by atoms with Gasteiger partial charge in [0.15, 0.2) is 6.17 Å². The van der Waals surface area contributed by atoms with E-state index in [0.717, 1.165) is 0 Å². The quantitative estimate of drug-likeness (QED) is 0.387. The number of hydrogen-bond donors (Lipinski definition) is 0. The van der Waals surface area contributed by atoms with Gasteiger partial charge in [-0.05, 0) is 0 Å². The number of hydrogen-bond acceptors (Lipinski definition) is 3. The maximum atomic E-state index is 12.1. The maximum Gasteiger partial charge on any atom is 1.00 e. The van der Waals surface area contributed by atoms with Gasteiger partial charge in [0.25, 0.3) is 0 Å². The summed E-state index contributed by atoms with van der Waals surface area (Å²) in [5, 5.41) is 0. The van der Waals surface area contributed by atoms with Crippen LogP contribution in [0.25, 0.3) is 0 Å². The Kier molecular flexibility index (Phi) is 8.87. The van der Waals surface area contributed by atoms with Crippen molar-refractivity contribution in [3.8, 4) is 0 Å². The molecule has 0 aliphatic rings. The molecule has 0 spiro atoms. The molecule has 0 N–H and O–H groups in total. The minimum atomic E-state index is -4.81. The van der Waals surface area contributed by atoms with Gasteiger partial charge in [0.2, 0.25) is 0 Å². The molecule has 0 aromatic carbocycles. The van der Waals surface area contributed by atoms with Crippen LogP contribution in [0.15, 0.2) is 0 Å². The van der Waals surface area contributed by atoms with Gasteiger partial charge in [-0.2, -0.15) is 0 Å². The van der Waals surface area contributed by atoms with E-state index in [4.69, 9.17) is 0 Å². The van der Waals surface area contributed by atoms with Crippen LogP contribution in [-0.2, 0) is 10.1 Å². The van der Waals surface area contributed by atoms with E-state index in [1.165, 1.54) is 0 Å². The van der Waals surface area contributed by atoms with Crippen molar-refractivity contribution in [2.45, 2.75) is 12.3 Å². The van der Waals surface area contributed by atoms with Crippen LogP contribution in [0.1, 0.15) is 0 Å². The zero-order valence-corrected chi connectivity index (χ0v) is 10.3. The monoisotopic (exact) mass is 230 g/mol. The van der Waals surface area contributed by atoms with E-state index in [9.17, 15) is 26.1 Å². The molecule has 0 rings (SSSR count). The van der Waals surface area contributed by atoms with E-state index in [2.05, 4.69) is 0 Å². The Morgan fingerprint density at radius 1 is 1.25 bits per heavy atom. The van der Waals surface area contributed by atoms with Crippen molar-refractivity contribution < 1.29 is 77.5 Å². The first-order chi connectivity index (χ1) is 4.87. The first kappa shape index (κ1) is 15.8. The average Bonchev–Trinajstić information content (AvgIpc) is 1.82. The van der Waals surface area contributed by atoms with Crippen LogP contribution in [0.2, 0.25) is 0 Å². The summed E-state index contributed by atoms with van der Waals surface area (Å²) >= 11 is 0. The summed E-state index contributed by atoms with van der Waals surface area (Å²) in [5.41, 5.74) is 0. The van der Waals surface area contributed by atoms with Gasteiger partial charge in [-0.1, -0.05) is 0 Å². The van der Waals surface area contributed by atoms with Gasteiger partial charge in [0, 0.05) is 0 Å². The van der Waals surface area contributed by atoms with Gasteiger partial charge in [-0.25, -0.2) is 21.6 Å². The van der Waals surface area contributed by atoms with Crippen molar-refractivity contribution in [2.75, 3.05) is 12.4 Å². The van der Waals surface area contributed by atoms with E-state index >= 15 is 0 Å². The summed E-state index contributed by atoms with van der Waals surface area (Å²) < 4.78 is 64.6. The van der Waals surface area contributed by atoms with Crippen molar-refractivity contribution in [1.29, 1.82) is 0 Å². The second-order valence-corrected chi connectivity index (χ2v) is 3.36. The molecule has 3 nitrogen and oxygen atoms in total. The largest absolute Gasteiger partial charge is 1.00 e. The Morgan fingerprint density at radius 3 is 1.92 bits per heavy atom. The normalized spacial score (nSPS) is 16.3. The molecule has 0 bridgehead atoms. The molecule has 0 aromatic heterocycles. The molecule has 0 aliphatic carbocycles. The van der Waals surface area contributed by atoms with Gasteiger partial charge in [-0.15, -0.1) is 0 Å². The molecule has 0 heterocycles. The fourth-order valence-electron chi connectivity index (χ4n) is 0.396. The van der Waals surface area contributed by atoms with Crippen LogP contribution in [0, 0.1) is 0 Å². The second-order valence-electron chi connectivity index (χ2n) is 1.91. The van der Waals surface area contributed by atoms with Gasteiger partial charge < -0.3 is 4.55 Å². The van der Waals surface area contributed by atoms with Crippen molar-refractivity contribution in [2.24, 2.45) is 0 Å². The van der Waals surface area contributed by atoms with Gasteiger partial charge in [0.1, 0.15) is 12.8 Å². The number of alkyl halides is 3. The molecular formula is C4H6F3KO3S. The smallest absolute Gasteiger partial charge is 0.748 e. The molecule has 0 aliphatic heterocycles. The Bertz CT molecular complexity index is 208. The maximum absolute atomic E-state index is 12.1. The molecule has 0 radical (unpaired) electrons. The molecule has 0 amide bonds. The first-order valence-corrected chi connectivity index (χ1v) is 4.22. The Labute approximate surface area is 111 Å². The zero-order valence-electron chi connectivity index (χ0n) is 6.34. The van der Waals surface area contributed by atoms with E-state index in [1.54, 1.807) is 0 Å². The van der Waals surface area contributed by atoms with Gasteiger partial charge in [0.05, 0.1) is 15.9 Å². The molecule has 0 saturated carbocycles. The molecule has 12 heavy (non-hydrogen) atoms. The minimum absolute atomic E-state index is 0. The van der Waals surface area contributed by atoms with Crippen molar-refractivity contribution in [1.82, 2.24) is 0 Å². The predicted molar refractivity (Wildman–Crippen MR) is 30.3 cm³/mol. The Hall–Kier alpha value is 1.34.